The first-order chi connectivity index (χ1) is 7.84. The maximum atomic E-state index is 5.86. The van der Waals surface area contributed by atoms with Crippen LogP contribution in [0.2, 0.25) is 5.02 Å². The maximum absolute atomic E-state index is 5.86. The lowest BCUT2D eigenvalue weighted by Gasteiger charge is -2.12. The van der Waals surface area contributed by atoms with Crippen LogP contribution in [0.5, 0.6) is 0 Å². The molecule has 0 saturated carbocycles. The Bertz CT molecular complexity index is 504. The third kappa shape index (κ3) is 1.62. The summed E-state index contributed by atoms with van der Waals surface area (Å²) in [4.78, 5) is 0. The molecule has 0 spiro atoms. The highest BCUT2D eigenvalue weighted by Gasteiger charge is 2.17. The lowest BCUT2D eigenvalue weighted by Crippen LogP contribution is -2.08. The van der Waals surface area contributed by atoms with Crippen LogP contribution in [-0.2, 0) is 17.8 Å². The summed E-state index contributed by atoms with van der Waals surface area (Å²) < 4.78 is 5.45. The summed E-state index contributed by atoms with van der Waals surface area (Å²) in [6, 6.07) is 7.71. The SMILES string of the molecule is Clc1ccc(-c2n[nH]c3c2COCC3)cc1. The molecule has 0 amide bonds. The van der Waals surface area contributed by atoms with E-state index in [0.29, 0.717) is 6.61 Å². The van der Waals surface area contributed by atoms with E-state index in [2.05, 4.69) is 10.2 Å². The zero-order valence-corrected chi connectivity index (χ0v) is 9.42. The number of hydrogen-bond acceptors (Lipinski definition) is 2. The molecule has 0 radical (unpaired) electrons. The highest BCUT2D eigenvalue weighted by molar-refractivity contribution is 6.30. The molecule has 0 atom stereocenters. The van der Waals surface area contributed by atoms with Gasteiger partial charge in [0.15, 0.2) is 0 Å². The molecule has 16 heavy (non-hydrogen) atoms. The smallest absolute Gasteiger partial charge is 0.0978 e. The Morgan fingerprint density at radius 1 is 1.25 bits per heavy atom. The Balaban J connectivity index is 2.06. The van der Waals surface area contributed by atoms with Crippen LogP contribution < -0.4 is 0 Å². The maximum Gasteiger partial charge on any atom is 0.0978 e. The van der Waals surface area contributed by atoms with Crippen molar-refractivity contribution in [2.45, 2.75) is 13.0 Å². The fraction of sp³-hybridized carbons (Fsp3) is 0.250. The number of nitrogens with zero attached hydrogens (tertiary/aromatic N) is 1. The average molecular weight is 235 g/mol. The fourth-order valence-electron chi connectivity index (χ4n) is 1.96. The van der Waals surface area contributed by atoms with Gasteiger partial charge < -0.3 is 4.74 Å². The molecule has 0 aliphatic carbocycles. The Morgan fingerprint density at radius 2 is 2.06 bits per heavy atom. The molecule has 82 valence electrons. The quantitative estimate of drug-likeness (QED) is 0.824. The van der Waals surface area contributed by atoms with E-state index in [0.717, 1.165) is 29.3 Å². The average Bonchev–Trinajstić information content (AvgIpc) is 2.74. The molecule has 1 aromatic heterocycles. The molecular weight excluding hydrogens is 224 g/mol. The molecule has 0 saturated heterocycles. The Morgan fingerprint density at radius 3 is 2.88 bits per heavy atom. The predicted molar refractivity (Wildman–Crippen MR) is 62.4 cm³/mol. The number of rotatable bonds is 1. The van der Waals surface area contributed by atoms with Gasteiger partial charge in [-0.25, -0.2) is 0 Å². The van der Waals surface area contributed by atoms with Gasteiger partial charge in [0, 0.05) is 28.3 Å². The Kier molecular flexibility index (Phi) is 2.42. The minimum absolute atomic E-state index is 0.643. The third-order valence-corrected chi connectivity index (χ3v) is 3.07. The van der Waals surface area contributed by atoms with Crippen molar-refractivity contribution in [3.63, 3.8) is 0 Å². The van der Waals surface area contributed by atoms with Crippen molar-refractivity contribution in [2.24, 2.45) is 0 Å². The summed E-state index contributed by atoms with van der Waals surface area (Å²) in [6.07, 6.45) is 0.913. The first-order valence-corrected chi connectivity index (χ1v) is 5.62. The Hall–Kier alpha value is -1.32. The van der Waals surface area contributed by atoms with Crippen LogP contribution in [-0.4, -0.2) is 16.8 Å². The van der Waals surface area contributed by atoms with Crippen LogP contribution in [0, 0.1) is 0 Å². The summed E-state index contributed by atoms with van der Waals surface area (Å²) in [5.74, 6) is 0. The third-order valence-electron chi connectivity index (χ3n) is 2.81. The van der Waals surface area contributed by atoms with Gasteiger partial charge in [-0.1, -0.05) is 23.7 Å². The van der Waals surface area contributed by atoms with E-state index in [9.17, 15) is 0 Å². The van der Waals surface area contributed by atoms with Crippen LogP contribution in [0.4, 0.5) is 0 Å². The second-order valence-corrected chi connectivity index (χ2v) is 4.28. The lowest BCUT2D eigenvalue weighted by molar-refractivity contribution is 0.110. The van der Waals surface area contributed by atoms with Gasteiger partial charge in [0.05, 0.1) is 18.9 Å². The highest BCUT2D eigenvalue weighted by Crippen LogP contribution is 2.27. The largest absolute Gasteiger partial charge is 0.376 e. The van der Waals surface area contributed by atoms with Crippen molar-refractivity contribution in [3.05, 3.63) is 40.5 Å². The van der Waals surface area contributed by atoms with E-state index in [4.69, 9.17) is 16.3 Å². The van der Waals surface area contributed by atoms with Gasteiger partial charge in [-0.15, -0.1) is 0 Å². The summed E-state index contributed by atoms with van der Waals surface area (Å²) in [6.45, 7) is 1.42. The minimum atomic E-state index is 0.643. The molecule has 3 nitrogen and oxygen atoms in total. The van der Waals surface area contributed by atoms with E-state index >= 15 is 0 Å². The van der Waals surface area contributed by atoms with Crippen molar-refractivity contribution in [2.75, 3.05) is 6.61 Å². The monoisotopic (exact) mass is 234 g/mol. The number of fused-ring (bicyclic) bond motifs is 1. The van der Waals surface area contributed by atoms with Crippen LogP contribution in [0.1, 0.15) is 11.3 Å². The molecule has 1 aromatic carbocycles. The number of aromatic amines is 1. The number of benzene rings is 1. The molecule has 0 unspecified atom stereocenters. The number of nitrogens with one attached hydrogen (secondary N) is 1. The highest BCUT2D eigenvalue weighted by atomic mass is 35.5. The first kappa shape index (κ1) is 9.87. The first-order valence-electron chi connectivity index (χ1n) is 5.24. The molecule has 4 heteroatoms. The molecule has 0 bridgehead atoms. The van der Waals surface area contributed by atoms with Crippen LogP contribution in [0.15, 0.2) is 24.3 Å². The van der Waals surface area contributed by atoms with E-state index in [-0.39, 0.29) is 0 Å². The van der Waals surface area contributed by atoms with Gasteiger partial charge in [-0.3, -0.25) is 5.10 Å². The second-order valence-electron chi connectivity index (χ2n) is 3.84. The van der Waals surface area contributed by atoms with Gasteiger partial charge in [0.25, 0.3) is 0 Å². The van der Waals surface area contributed by atoms with Gasteiger partial charge in [0.1, 0.15) is 0 Å². The van der Waals surface area contributed by atoms with Gasteiger partial charge in [0.2, 0.25) is 0 Å². The van der Waals surface area contributed by atoms with Crippen LogP contribution in [0.25, 0.3) is 11.3 Å². The van der Waals surface area contributed by atoms with E-state index in [1.807, 2.05) is 24.3 Å². The second kappa shape index (κ2) is 3.92. The van der Waals surface area contributed by atoms with Crippen molar-refractivity contribution in [1.82, 2.24) is 10.2 Å². The molecular formula is C12H11ClN2O. The zero-order valence-electron chi connectivity index (χ0n) is 8.66. The summed E-state index contributed by atoms with van der Waals surface area (Å²) in [7, 11) is 0. The predicted octanol–water partition coefficient (Wildman–Crippen LogP) is 2.80. The van der Waals surface area contributed by atoms with Crippen LogP contribution >= 0.6 is 11.6 Å². The molecule has 1 aliphatic rings. The minimum Gasteiger partial charge on any atom is -0.376 e. The lowest BCUT2D eigenvalue weighted by atomic mass is 10.0. The van der Waals surface area contributed by atoms with E-state index < -0.39 is 0 Å². The molecule has 1 N–H and O–H groups in total. The number of hydrogen-bond donors (Lipinski definition) is 1. The normalized spacial score (nSPS) is 14.8. The molecule has 1 aliphatic heterocycles. The summed E-state index contributed by atoms with van der Waals surface area (Å²) in [5.41, 5.74) is 4.42. The van der Waals surface area contributed by atoms with E-state index in [1.54, 1.807) is 0 Å². The van der Waals surface area contributed by atoms with Crippen molar-refractivity contribution in [3.8, 4) is 11.3 Å². The molecule has 3 rings (SSSR count). The number of H-pyrrole nitrogens is 1. The van der Waals surface area contributed by atoms with E-state index in [1.165, 1.54) is 11.3 Å². The number of aromatic nitrogens is 2. The molecule has 2 aromatic rings. The standard InChI is InChI=1S/C12H11ClN2O/c13-9-3-1-8(2-4-9)12-10-7-16-6-5-11(10)14-15-12/h1-4H,5-7H2,(H,14,15). The fourth-order valence-corrected chi connectivity index (χ4v) is 2.08. The zero-order chi connectivity index (χ0) is 11.0. The van der Waals surface area contributed by atoms with Crippen molar-refractivity contribution >= 4 is 11.6 Å². The van der Waals surface area contributed by atoms with Crippen molar-refractivity contribution < 1.29 is 4.74 Å². The van der Waals surface area contributed by atoms with Crippen LogP contribution in [0.3, 0.4) is 0 Å². The van der Waals surface area contributed by atoms with Gasteiger partial charge >= 0.3 is 0 Å². The molecule has 0 fully saturated rings. The number of ether oxygens (including phenoxy) is 1. The van der Waals surface area contributed by atoms with Gasteiger partial charge in [-0.2, -0.15) is 5.10 Å². The molecule has 2 heterocycles. The van der Waals surface area contributed by atoms with Gasteiger partial charge in [-0.05, 0) is 12.1 Å². The summed E-state index contributed by atoms with van der Waals surface area (Å²) >= 11 is 5.86. The Labute approximate surface area is 98.4 Å². The van der Waals surface area contributed by atoms with Crippen molar-refractivity contribution in [1.29, 1.82) is 0 Å². The number of halogens is 1. The topological polar surface area (TPSA) is 37.9 Å². The summed E-state index contributed by atoms with van der Waals surface area (Å²) in [5, 5.41) is 8.17.